The fourth-order valence-corrected chi connectivity index (χ4v) is 4.56. The molecule has 0 unspecified atom stereocenters. The Kier molecular flexibility index (Phi) is 6.80. The van der Waals surface area contributed by atoms with E-state index in [2.05, 4.69) is 20.5 Å². The molecule has 4 rings (SSSR count). The van der Waals surface area contributed by atoms with E-state index < -0.39 is 0 Å². The highest BCUT2D eigenvalue weighted by Crippen LogP contribution is 2.36. The van der Waals surface area contributed by atoms with E-state index in [1.165, 1.54) is 26.0 Å². The summed E-state index contributed by atoms with van der Waals surface area (Å²) in [6, 6.07) is 11.0. The third-order valence-electron chi connectivity index (χ3n) is 5.12. The van der Waals surface area contributed by atoms with Gasteiger partial charge in [0.2, 0.25) is 5.91 Å². The van der Waals surface area contributed by atoms with Crippen molar-refractivity contribution in [3.05, 3.63) is 58.2 Å². The van der Waals surface area contributed by atoms with E-state index in [0.29, 0.717) is 38.4 Å². The quantitative estimate of drug-likeness (QED) is 0.259. The number of rotatable bonds is 7. The number of hydrogen-bond donors (Lipinski definition) is 3. The lowest BCUT2D eigenvalue weighted by molar-refractivity contribution is -0.113. The molecule has 2 aromatic heterocycles. The smallest absolute Gasteiger partial charge is 0.234 e. The normalized spacial score (nSPS) is 11.0. The molecule has 34 heavy (non-hydrogen) atoms. The Morgan fingerprint density at radius 2 is 1.97 bits per heavy atom. The number of ether oxygens (including phenoxy) is 2. The van der Waals surface area contributed by atoms with Crippen molar-refractivity contribution < 1.29 is 14.3 Å². The van der Waals surface area contributed by atoms with Gasteiger partial charge in [0.15, 0.2) is 10.8 Å². The van der Waals surface area contributed by atoms with E-state index in [1.54, 1.807) is 16.7 Å². The Morgan fingerprint density at radius 3 is 2.68 bits per heavy atom. The largest absolute Gasteiger partial charge is 0.495 e. The Morgan fingerprint density at radius 1 is 1.21 bits per heavy atom. The van der Waals surface area contributed by atoms with Gasteiger partial charge < -0.3 is 14.8 Å². The number of thioether (sulfide) groups is 1. The average Bonchev–Trinajstić information content (AvgIpc) is 3.18. The van der Waals surface area contributed by atoms with Crippen LogP contribution in [-0.2, 0) is 4.79 Å². The lowest BCUT2D eigenvalue weighted by Gasteiger charge is -2.15. The zero-order valence-corrected chi connectivity index (χ0v) is 20.6. The minimum absolute atomic E-state index is 0.0416. The van der Waals surface area contributed by atoms with Crippen molar-refractivity contribution >= 4 is 46.0 Å². The van der Waals surface area contributed by atoms with E-state index in [9.17, 15) is 4.79 Å². The molecule has 4 aromatic rings. The number of aryl methyl sites for hydroxylation is 2. The molecule has 0 fully saturated rings. The molecule has 3 N–H and O–H groups in total. The molecule has 2 heterocycles. The number of H-pyrrole nitrogens is 1. The van der Waals surface area contributed by atoms with Crippen molar-refractivity contribution in [3.63, 3.8) is 0 Å². The molecule has 0 spiro atoms. The van der Waals surface area contributed by atoms with E-state index in [-0.39, 0.29) is 17.1 Å². The number of nitrogens with one attached hydrogen (secondary N) is 3. The number of fused-ring (bicyclic) bond motifs is 1. The molecule has 0 aliphatic heterocycles. The van der Waals surface area contributed by atoms with Crippen LogP contribution in [0.1, 0.15) is 11.3 Å². The summed E-state index contributed by atoms with van der Waals surface area (Å²) in [5.41, 5.74) is 3.69. The molecular weight excluding hydrogens is 476 g/mol. The summed E-state index contributed by atoms with van der Waals surface area (Å²) in [6.07, 6.45) is 0. The Bertz CT molecular complexity index is 1450. The van der Waals surface area contributed by atoms with Gasteiger partial charge >= 0.3 is 0 Å². The number of aromatic nitrogens is 4. The minimum Gasteiger partial charge on any atom is -0.495 e. The summed E-state index contributed by atoms with van der Waals surface area (Å²) < 4.78 is 12.3. The number of benzene rings is 2. The van der Waals surface area contributed by atoms with E-state index in [1.807, 2.05) is 38.1 Å². The van der Waals surface area contributed by atoms with E-state index >= 15 is 0 Å². The van der Waals surface area contributed by atoms with Crippen molar-refractivity contribution in [2.24, 2.45) is 0 Å². The van der Waals surface area contributed by atoms with Crippen molar-refractivity contribution in [2.75, 3.05) is 25.3 Å². The molecule has 0 bridgehead atoms. The number of methoxy groups -OCH3 is 2. The number of carbonyl (C=O) groups is 1. The number of halogens is 1. The molecule has 0 saturated heterocycles. The van der Waals surface area contributed by atoms with Gasteiger partial charge in [-0.15, -0.1) is 0 Å². The number of anilines is 1. The molecule has 2 aromatic carbocycles. The number of hydrogen-bond acceptors (Lipinski definition) is 7. The maximum absolute atomic E-state index is 12.8. The van der Waals surface area contributed by atoms with E-state index in [4.69, 9.17) is 26.5 Å². The molecule has 0 aliphatic carbocycles. The summed E-state index contributed by atoms with van der Waals surface area (Å²) in [7, 11) is 3.00. The van der Waals surface area contributed by atoms with Crippen LogP contribution in [0.3, 0.4) is 0 Å². The van der Waals surface area contributed by atoms with Crippen molar-refractivity contribution in [1.82, 2.24) is 19.7 Å². The molecule has 176 valence electrons. The first-order chi connectivity index (χ1) is 16.3. The second kappa shape index (κ2) is 9.78. The predicted octanol–water partition coefficient (Wildman–Crippen LogP) is 4.25. The molecular formula is C23H23ClN6O3S. The van der Waals surface area contributed by atoms with Crippen LogP contribution >= 0.6 is 23.4 Å². The van der Waals surface area contributed by atoms with Crippen LogP contribution < -0.4 is 20.3 Å². The third kappa shape index (κ3) is 4.59. The number of carbonyl (C=O) groups excluding carboxylic acids is 1. The van der Waals surface area contributed by atoms with Crippen LogP contribution in [0, 0.1) is 19.3 Å². The van der Waals surface area contributed by atoms with Crippen molar-refractivity contribution in [1.29, 1.82) is 5.41 Å². The Hall–Kier alpha value is -3.50. The van der Waals surface area contributed by atoms with Gasteiger partial charge in [-0.1, -0.05) is 35.5 Å². The fourth-order valence-electron chi connectivity index (χ4n) is 3.51. The van der Waals surface area contributed by atoms with Gasteiger partial charge in [-0.2, -0.15) is 5.10 Å². The van der Waals surface area contributed by atoms with Crippen molar-refractivity contribution in [3.8, 4) is 17.2 Å². The summed E-state index contributed by atoms with van der Waals surface area (Å²) in [4.78, 5) is 17.4. The van der Waals surface area contributed by atoms with Crippen LogP contribution in [0.4, 0.5) is 5.69 Å². The predicted molar refractivity (Wildman–Crippen MR) is 132 cm³/mol. The first-order valence-corrected chi connectivity index (χ1v) is 11.6. The molecule has 9 nitrogen and oxygen atoms in total. The SMILES string of the molecule is COc1cc(OC)c(NC(=O)CSc2nc3n[nH]c(C)c3c(=N)n2-c2cccc(C)c2)cc1Cl. The number of aromatic amines is 1. The molecule has 0 radical (unpaired) electrons. The van der Waals surface area contributed by atoms with Gasteiger partial charge in [-0.05, 0) is 37.6 Å². The first kappa shape index (κ1) is 23.7. The van der Waals surface area contributed by atoms with Crippen LogP contribution in [0.2, 0.25) is 5.02 Å². The summed E-state index contributed by atoms with van der Waals surface area (Å²) >= 11 is 7.42. The van der Waals surface area contributed by atoms with Crippen molar-refractivity contribution in [2.45, 2.75) is 19.0 Å². The zero-order valence-electron chi connectivity index (χ0n) is 19.0. The van der Waals surface area contributed by atoms with Gasteiger partial charge in [-0.3, -0.25) is 19.9 Å². The number of nitrogens with zero attached hydrogens (tertiary/aromatic N) is 3. The maximum Gasteiger partial charge on any atom is 0.234 e. The molecule has 1 amide bonds. The van der Waals surface area contributed by atoms with Crippen LogP contribution in [0.25, 0.3) is 16.7 Å². The topological polar surface area (TPSA) is 118 Å². The fraction of sp³-hybridized carbons (Fsp3) is 0.217. The van der Waals surface area contributed by atoms with Gasteiger partial charge in [0, 0.05) is 17.4 Å². The maximum atomic E-state index is 12.8. The minimum atomic E-state index is -0.285. The van der Waals surface area contributed by atoms with E-state index in [0.717, 1.165) is 16.9 Å². The summed E-state index contributed by atoms with van der Waals surface area (Å²) in [5.74, 6) is 0.626. The van der Waals surface area contributed by atoms with Crippen LogP contribution in [-0.4, -0.2) is 45.6 Å². The lowest BCUT2D eigenvalue weighted by Crippen LogP contribution is -2.23. The van der Waals surface area contributed by atoms with Crippen LogP contribution in [0.5, 0.6) is 11.5 Å². The monoisotopic (exact) mass is 498 g/mol. The van der Waals surface area contributed by atoms with Gasteiger partial charge in [0.05, 0.1) is 36.1 Å². The standard InChI is InChI=1S/C23H23ClN6O3S/c1-12-6-5-7-14(8-12)30-21(25)20-13(2)28-29-22(20)27-23(30)34-11-19(31)26-16-9-15(24)17(32-3)10-18(16)33-4/h5-10,25H,11H2,1-4H3,(H,26,31)(H,28,29). The first-order valence-electron chi connectivity index (χ1n) is 10.3. The molecule has 0 saturated carbocycles. The summed E-state index contributed by atoms with van der Waals surface area (Å²) in [5, 5.41) is 20.2. The van der Waals surface area contributed by atoms with Gasteiger partial charge in [-0.25, -0.2) is 4.98 Å². The zero-order chi connectivity index (χ0) is 24.4. The van der Waals surface area contributed by atoms with Gasteiger partial charge in [0.25, 0.3) is 0 Å². The number of amides is 1. The third-order valence-corrected chi connectivity index (χ3v) is 6.36. The highest BCUT2D eigenvalue weighted by molar-refractivity contribution is 7.99. The average molecular weight is 499 g/mol. The molecule has 11 heteroatoms. The second-order valence-electron chi connectivity index (χ2n) is 7.49. The Labute approximate surface area is 205 Å². The lowest BCUT2D eigenvalue weighted by atomic mass is 10.2. The highest BCUT2D eigenvalue weighted by Gasteiger charge is 2.18. The molecule has 0 aliphatic rings. The van der Waals surface area contributed by atoms with Gasteiger partial charge in [0.1, 0.15) is 17.0 Å². The Balaban J connectivity index is 1.65. The molecule has 0 atom stereocenters. The van der Waals surface area contributed by atoms with Crippen LogP contribution in [0.15, 0.2) is 41.6 Å². The highest BCUT2D eigenvalue weighted by atomic mass is 35.5. The second-order valence-corrected chi connectivity index (χ2v) is 8.84. The summed E-state index contributed by atoms with van der Waals surface area (Å²) in [6.45, 7) is 3.83.